The van der Waals surface area contributed by atoms with Gasteiger partial charge in [-0.1, -0.05) is 0 Å². The Hall–Kier alpha value is -1.15. The molecule has 1 atom stereocenters. The van der Waals surface area contributed by atoms with Crippen molar-refractivity contribution < 1.29 is 9.18 Å². The Kier molecular flexibility index (Phi) is 4.17. The molecule has 3 N–H and O–H groups in total. The smallest absolute Gasteiger partial charge is 0.248 e. The Bertz CT molecular complexity index is 701. The number of thiophene rings is 1. The Balaban J connectivity index is 1.91. The number of fused-ring (bicyclic) bond motifs is 1. The zero-order valence-corrected chi connectivity index (χ0v) is 14.1. The second kappa shape index (κ2) is 5.92. The molecule has 3 rings (SSSR count). The number of aryl methyl sites for hydroxylation is 1. The number of halogens is 2. The number of hydrogen-bond donors (Lipinski definition) is 2. The normalized spacial score (nSPS) is 17.3. The van der Waals surface area contributed by atoms with Crippen molar-refractivity contribution in [3.05, 3.63) is 49.0 Å². The Morgan fingerprint density at radius 1 is 1.43 bits per heavy atom. The quantitative estimate of drug-likeness (QED) is 0.741. The topological polar surface area (TPSA) is 55.1 Å². The van der Waals surface area contributed by atoms with Gasteiger partial charge in [0.2, 0.25) is 5.91 Å². The summed E-state index contributed by atoms with van der Waals surface area (Å²) in [5.41, 5.74) is 7.16. The molecule has 0 aliphatic heterocycles. The van der Waals surface area contributed by atoms with Crippen LogP contribution in [0.15, 0.2) is 24.3 Å². The third kappa shape index (κ3) is 3.06. The van der Waals surface area contributed by atoms with E-state index in [1.54, 1.807) is 11.3 Å². The highest BCUT2D eigenvalue weighted by atomic mass is 127. The average molecular weight is 416 g/mol. The summed E-state index contributed by atoms with van der Waals surface area (Å²) in [4.78, 5) is 12.6. The zero-order chi connectivity index (χ0) is 15.0. The van der Waals surface area contributed by atoms with Crippen molar-refractivity contribution in [2.24, 2.45) is 5.73 Å². The standard InChI is InChI=1S/C15H14FIN2OS/c16-10-5-4-8(15(18)20)6-12(10)19-11-2-1-3-13-9(11)7-14(17)21-13/h4-7,11,19H,1-3H2,(H2,18,20). The van der Waals surface area contributed by atoms with E-state index in [2.05, 4.69) is 34.0 Å². The summed E-state index contributed by atoms with van der Waals surface area (Å²) < 4.78 is 15.2. The molecular weight excluding hydrogens is 402 g/mol. The molecule has 1 aromatic heterocycles. The van der Waals surface area contributed by atoms with Crippen molar-refractivity contribution in [1.29, 1.82) is 0 Å². The highest BCUT2D eigenvalue weighted by Crippen LogP contribution is 2.38. The number of amides is 1. The van der Waals surface area contributed by atoms with Crippen LogP contribution >= 0.6 is 33.9 Å². The van der Waals surface area contributed by atoms with Gasteiger partial charge in [-0.3, -0.25) is 4.79 Å². The van der Waals surface area contributed by atoms with Gasteiger partial charge in [0.05, 0.1) is 14.6 Å². The van der Waals surface area contributed by atoms with E-state index in [1.165, 1.54) is 31.5 Å². The van der Waals surface area contributed by atoms with Crippen LogP contribution in [0.2, 0.25) is 0 Å². The molecule has 110 valence electrons. The average Bonchev–Trinajstić information content (AvgIpc) is 2.82. The van der Waals surface area contributed by atoms with Crippen LogP contribution in [0.3, 0.4) is 0 Å². The van der Waals surface area contributed by atoms with E-state index in [1.807, 2.05) is 0 Å². The number of benzene rings is 1. The van der Waals surface area contributed by atoms with Gasteiger partial charge in [0.1, 0.15) is 5.82 Å². The largest absolute Gasteiger partial charge is 0.376 e. The monoisotopic (exact) mass is 416 g/mol. The summed E-state index contributed by atoms with van der Waals surface area (Å²) in [5, 5.41) is 3.23. The van der Waals surface area contributed by atoms with Crippen molar-refractivity contribution in [3.63, 3.8) is 0 Å². The molecule has 0 bridgehead atoms. The molecule has 1 aliphatic rings. The van der Waals surface area contributed by atoms with Gasteiger partial charge in [0.25, 0.3) is 0 Å². The first-order valence-corrected chi connectivity index (χ1v) is 8.58. The van der Waals surface area contributed by atoms with Crippen molar-refractivity contribution in [2.75, 3.05) is 5.32 Å². The van der Waals surface area contributed by atoms with Crippen LogP contribution in [0.1, 0.15) is 39.7 Å². The Morgan fingerprint density at radius 3 is 3.00 bits per heavy atom. The van der Waals surface area contributed by atoms with Gasteiger partial charge in [-0.2, -0.15) is 0 Å². The van der Waals surface area contributed by atoms with E-state index in [0.717, 1.165) is 19.3 Å². The minimum absolute atomic E-state index is 0.0890. The Morgan fingerprint density at radius 2 is 2.24 bits per heavy atom. The van der Waals surface area contributed by atoms with E-state index < -0.39 is 5.91 Å². The second-order valence-corrected chi connectivity index (χ2v) is 8.11. The highest BCUT2D eigenvalue weighted by Gasteiger charge is 2.23. The van der Waals surface area contributed by atoms with Crippen LogP contribution in [0.5, 0.6) is 0 Å². The molecule has 21 heavy (non-hydrogen) atoms. The lowest BCUT2D eigenvalue weighted by atomic mass is 9.93. The predicted octanol–water partition coefficient (Wildman–Crippen LogP) is 4.08. The van der Waals surface area contributed by atoms with Crippen LogP contribution in [0.25, 0.3) is 0 Å². The molecule has 1 aromatic carbocycles. The van der Waals surface area contributed by atoms with Crippen molar-refractivity contribution >= 4 is 45.5 Å². The van der Waals surface area contributed by atoms with Crippen LogP contribution in [0, 0.1) is 8.70 Å². The van der Waals surface area contributed by atoms with E-state index in [9.17, 15) is 9.18 Å². The summed E-state index contributed by atoms with van der Waals surface area (Å²) in [6.45, 7) is 0. The summed E-state index contributed by atoms with van der Waals surface area (Å²) in [5.74, 6) is -0.912. The molecule has 1 heterocycles. The minimum atomic E-state index is -0.549. The van der Waals surface area contributed by atoms with Gasteiger partial charge in [0.15, 0.2) is 0 Å². The van der Waals surface area contributed by atoms with E-state index >= 15 is 0 Å². The number of rotatable bonds is 3. The minimum Gasteiger partial charge on any atom is -0.376 e. The van der Waals surface area contributed by atoms with Crippen LogP contribution in [-0.4, -0.2) is 5.91 Å². The number of hydrogen-bond acceptors (Lipinski definition) is 3. The van der Waals surface area contributed by atoms with E-state index in [0.29, 0.717) is 11.3 Å². The van der Waals surface area contributed by atoms with Gasteiger partial charge in [0, 0.05) is 10.4 Å². The maximum absolute atomic E-state index is 14.0. The van der Waals surface area contributed by atoms with Gasteiger partial charge in [-0.05, 0) is 71.7 Å². The number of carbonyl (C=O) groups excluding carboxylic acids is 1. The fourth-order valence-electron chi connectivity index (χ4n) is 2.65. The number of anilines is 1. The molecular formula is C15H14FIN2OS. The predicted molar refractivity (Wildman–Crippen MR) is 91.3 cm³/mol. The lowest BCUT2D eigenvalue weighted by molar-refractivity contribution is 0.100. The number of nitrogens with one attached hydrogen (secondary N) is 1. The molecule has 0 spiro atoms. The summed E-state index contributed by atoms with van der Waals surface area (Å²) in [6, 6.07) is 6.43. The maximum atomic E-state index is 14.0. The molecule has 3 nitrogen and oxygen atoms in total. The zero-order valence-electron chi connectivity index (χ0n) is 11.2. The molecule has 2 aromatic rings. The Labute approximate surface area is 139 Å². The third-order valence-electron chi connectivity index (χ3n) is 3.66. The van der Waals surface area contributed by atoms with Gasteiger partial charge in [-0.25, -0.2) is 4.39 Å². The number of nitrogens with two attached hydrogens (primary N) is 1. The van der Waals surface area contributed by atoms with E-state index in [-0.39, 0.29) is 11.9 Å². The maximum Gasteiger partial charge on any atom is 0.248 e. The molecule has 0 saturated carbocycles. The molecule has 1 aliphatic carbocycles. The number of primary amides is 1. The summed E-state index contributed by atoms with van der Waals surface area (Å²) >= 11 is 4.11. The third-order valence-corrected chi connectivity index (χ3v) is 5.64. The van der Waals surface area contributed by atoms with Crippen LogP contribution < -0.4 is 11.1 Å². The van der Waals surface area contributed by atoms with Gasteiger partial charge < -0.3 is 11.1 Å². The molecule has 0 radical (unpaired) electrons. The summed E-state index contributed by atoms with van der Waals surface area (Å²) in [6.07, 6.45) is 3.13. The lowest BCUT2D eigenvalue weighted by Gasteiger charge is -2.25. The van der Waals surface area contributed by atoms with Crippen molar-refractivity contribution in [2.45, 2.75) is 25.3 Å². The molecule has 6 heteroatoms. The SMILES string of the molecule is NC(=O)c1ccc(F)c(NC2CCCc3sc(I)cc32)c1. The highest BCUT2D eigenvalue weighted by molar-refractivity contribution is 14.1. The first-order chi connectivity index (χ1) is 10.0. The molecule has 0 fully saturated rings. The lowest BCUT2D eigenvalue weighted by Crippen LogP contribution is -2.17. The van der Waals surface area contributed by atoms with E-state index in [4.69, 9.17) is 5.73 Å². The molecule has 1 amide bonds. The first-order valence-electron chi connectivity index (χ1n) is 6.68. The fraction of sp³-hybridized carbons (Fsp3) is 0.267. The van der Waals surface area contributed by atoms with Crippen LogP contribution in [-0.2, 0) is 6.42 Å². The second-order valence-electron chi connectivity index (χ2n) is 5.08. The number of carbonyl (C=O) groups is 1. The molecule has 0 saturated heterocycles. The summed E-state index contributed by atoms with van der Waals surface area (Å²) in [7, 11) is 0. The van der Waals surface area contributed by atoms with Crippen LogP contribution in [0.4, 0.5) is 10.1 Å². The fourth-order valence-corrected chi connectivity index (χ4v) is 4.77. The van der Waals surface area contributed by atoms with Crippen molar-refractivity contribution in [1.82, 2.24) is 0 Å². The first kappa shape index (κ1) is 14.8. The molecule has 1 unspecified atom stereocenters. The van der Waals surface area contributed by atoms with Gasteiger partial charge in [-0.15, -0.1) is 11.3 Å². The van der Waals surface area contributed by atoms with Gasteiger partial charge >= 0.3 is 0 Å². The van der Waals surface area contributed by atoms with Crippen molar-refractivity contribution in [3.8, 4) is 0 Å².